The van der Waals surface area contributed by atoms with Crippen LogP contribution in [0.5, 0.6) is 0 Å². The second kappa shape index (κ2) is 8.36. The number of amides is 1. The Labute approximate surface area is 176 Å². The number of nitrogens with zero attached hydrogens (tertiary/aromatic N) is 2. The van der Waals surface area contributed by atoms with Gasteiger partial charge in [-0.1, -0.05) is 60.1 Å². The highest BCUT2D eigenvalue weighted by Crippen LogP contribution is 2.36. The number of halogens is 1. The minimum absolute atomic E-state index is 0.226. The maximum Gasteiger partial charge on any atom is 0.225 e. The highest BCUT2D eigenvalue weighted by atomic mass is 35.5. The lowest BCUT2D eigenvalue weighted by Crippen LogP contribution is -2.41. The molecule has 1 aliphatic heterocycles. The summed E-state index contributed by atoms with van der Waals surface area (Å²) in [6, 6.07) is 20.2. The Hall–Kier alpha value is -2.69. The van der Waals surface area contributed by atoms with Crippen molar-refractivity contribution < 1.29 is 4.79 Å². The lowest BCUT2D eigenvalue weighted by molar-refractivity contribution is -0.127. The van der Waals surface area contributed by atoms with Crippen LogP contribution in [0.4, 0.5) is 0 Å². The van der Waals surface area contributed by atoms with E-state index in [9.17, 15) is 4.79 Å². The molecule has 148 valence electrons. The van der Waals surface area contributed by atoms with Gasteiger partial charge in [0.25, 0.3) is 0 Å². The topological polar surface area (TPSA) is 59.2 Å². The number of nitrogens with two attached hydrogens (primary N) is 1. The molecule has 1 fully saturated rings. The molecule has 2 aromatic carbocycles. The molecule has 1 aromatic heterocycles. The number of rotatable bonds is 6. The van der Waals surface area contributed by atoms with Crippen molar-refractivity contribution in [3.8, 4) is 11.1 Å². The lowest BCUT2D eigenvalue weighted by atomic mass is 9.80. The normalized spacial score (nSPS) is 19.3. The highest BCUT2D eigenvalue weighted by Gasteiger charge is 2.43. The lowest BCUT2D eigenvalue weighted by Gasteiger charge is -2.26. The number of benzene rings is 2. The Balaban J connectivity index is 1.48. The Morgan fingerprint density at radius 3 is 2.55 bits per heavy atom. The molecule has 5 heteroatoms. The van der Waals surface area contributed by atoms with Crippen LogP contribution < -0.4 is 5.73 Å². The molecule has 0 saturated carbocycles. The van der Waals surface area contributed by atoms with E-state index in [1.54, 1.807) is 6.20 Å². The number of carbonyl (C=O) groups excluding carboxylic acids is 1. The number of primary amides is 1. The summed E-state index contributed by atoms with van der Waals surface area (Å²) in [7, 11) is 0. The zero-order chi connectivity index (χ0) is 20.3. The van der Waals surface area contributed by atoms with Gasteiger partial charge in [0.1, 0.15) is 0 Å². The molecule has 4 nitrogen and oxygen atoms in total. The first kappa shape index (κ1) is 19.6. The Morgan fingerprint density at radius 2 is 1.86 bits per heavy atom. The van der Waals surface area contributed by atoms with Gasteiger partial charge in [0.05, 0.1) is 5.41 Å². The van der Waals surface area contributed by atoms with Gasteiger partial charge in [0.15, 0.2) is 0 Å². The average Bonchev–Trinajstić information content (AvgIpc) is 3.15. The summed E-state index contributed by atoms with van der Waals surface area (Å²) in [6.45, 7) is 2.22. The first-order valence-corrected chi connectivity index (χ1v) is 10.2. The van der Waals surface area contributed by atoms with Gasteiger partial charge in [-0.25, -0.2) is 0 Å². The van der Waals surface area contributed by atoms with E-state index in [1.807, 2.05) is 42.6 Å². The van der Waals surface area contributed by atoms with Crippen LogP contribution >= 0.6 is 11.6 Å². The molecule has 1 amide bonds. The van der Waals surface area contributed by atoms with E-state index in [-0.39, 0.29) is 5.91 Å². The molecular weight excluding hydrogens is 382 g/mol. The SMILES string of the molecule is NC(=O)C1(Cc2ccc(-c3cccnc3)cc2)CCN(Cc2ccccc2Cl)C1. The highest BCUT2D eigenvalue weighted by molar-refractivity contribution is 6.31. The number of hydrogen-bond donors (Lipinski definition) is 1. The van der Waals surface area contributed by atoms with Gasteiger partial charge in [-0.2, -0.15) is 0 Å². The molecule has 3 aromatic rings. The van der Waals surface area contributed by atoms with Gasteiger partial charge >= 0.3 is 0 Å². The summed E-state index contributed by atoms with van der Waals surface area (Å²) in [4.78, 5) is 18.9. The molecule has 0 radical (unpaired) electrons. The fraction of sp³-hybridized carbons (Fsp3) is 0.250. The van der Waals surface area contributed by atoms with E-state index in [2.05, 4.69) is 34.1 Å². The summed E-state index contributed by atoms with van der Waals surface area (Å²) in [5, 5.41) is 0.759. The predicted molar refractivity (Wildman–Crippen MR) is 116 cm³/mol. The third kappa shape index (κ3) is 4.34. The van der Waals surface area contributed by atoms with Crippen molar-refractivity contribution in [2.45, 2.75) is 19.4 Å². The van der Waals surface area contributed by atoms with E-state index < -0.39 is 5.41 Å². The van der Waals surface area contributed by atoms with Crippen LogP contribution in [0.25, 0.3) is 11.1 Å². The number of pyridine rings is 1. The summed E-state index contributed by atoms with van der Waals surface area (Å²) >= 11 is 6.31. The van der Waals surface area contributed by atoms with Gasteiger partial charge < -0.3 is 5.73 Å². The van der Waals surface area contributed by atoms with Crippen molar-refractivity contribution in [3.63, 3.8) is 0 Å². The first-order valence-electron chi connectivity index (χ1n) is 9.81. The van der Waals surface area contributed by atoms with Crippen molar-refractivity contribution in [1.82, 2.24) is 9.88 Å². The minimum atomic E-state index is -0.545. The van der Waals surface area contributed by atoms with E-state index in [1.165, 1.54) is 0 Å². The van der Waals surface area contributed by atoms with Gasteiger partial charge in [0.2, 0.25) is 5.91 Å². The molecule has 1 aliphatic rings. The maximum absolute atomic E-state index is 12.4. The van der Waals surface area contributed by atoms with E-state index in [4.69, 9.17) is 17.3 Å². The van der Waals surface area contributed by atoms with Crippen molar-refractivity contribution in [1.29, 1.82) is 0 Å². The Bertz CT molecular complexity index is 991. The van der Waals surface area contributed by atoms with Crippen LogP contribution in [-0.4, -0.2) is 28.9 Å². The average molecular weight is 406 g/mol. The summed E-state index contributed by atoms with van der Waals surface area (Å²) in [5.74, 6) is -0.226. The third-order valence-corrected chi connectivity index (χ3v) is 6.17. The van der Waals surface area contributed by atoms with Crippen LogP contribution in [0.1, 0.15) is 17.5 Å². The van der Waals surface area contributed by atoms with Gasteiger partial charge in [0, 0.05) is 30.5 Å². The van der Waals surface area contributed by atoms with Gasteiger partial charge in [-0.15, -0.1) is 0 Å². The Kier molecular flexibility index (Phi) is 5.65. The summed E-state index contributed by atoms with van der Waals surface area (Å²) in [6.07, 6.45) is 5.03. The van der Waals surface area contributed by atoms with E-state index in [0.717, 1.165) is 46.8 Å². The number of hydrogen-bond acceptors (Lipinski definition) is 3. The van der Waals surface area contributed by atoms with Crippen LogP contribution in [-0.2, 0) is 17.8 Å². The molecule has 4 rings (SSSR count). The monoisotopic (exact) mass is 405 g/mol. The third-order valence-electron chi connectivity index (χ3n) is 5.80. The maximum atomic E-state index is 12.4. The fourth-order valence-electron chi connectivity index (χ4n) is 4.13. The minimum Gasteiger partial charge on any atom is -0.369 e. The second-order valence-corrected chi connectivity index (χ2v) is 8.22. The largest absolute Gasteiger partial charge is 0.369 e. The molecule has 2 N–H and O–H groups in total. The molecule has 1 atom stereocenters. The second-order valence-electron chi connectivity index (χ2n) is 7.81. The zero-order valence-electron chi connectivity index (χ0n) is 16.2. The Morgan fingerprint density at radius 1 is 1.07 bits per heavy atom. The zero-order valence-corrected chi connectivity index (χ0v) is 17.0. The first-order chi connectivity index (χ1) is 14.1. The van der Waals surface area contributed by atoms with Crippen molar-refractivity contribution in [3.05, 3.63) is 89.2 Å². The molecular formula is C24H24ClN3O. The summed E-state index contributed by atoms with van der Waals surface area (Å²) < 4.78 is 0. The molecule has 0 bridgehead atoms. The van der Waals surface area contributed by atoms with E-state index in [0.29, 0.717) is 13.0 Å². The van der Waals surface area contributed by atoms with Gasteiger partial charge in [-0.3, -0.25) is 14.7 Å². The van der Waals surface area contributed by atoms with Crippen LogP contribution in [0.2, 0.25) is 5.02 Å². The van der Waals surface area contributed by atoms with Crippen molar-refractivity contribution in [2.75, 3.05) is 13.1 Å². The molecule has 0 aliphatic carbocycles. The number of carbonyl (C=O) groups is 1. The molecule has 0 spiro atoms. The standard InChI is InChI=1S/C24H24ClN3O/c25-22-6-2-1-4-21(22)16-28-13-11-24(17-28,23(26)29)14-18-7-9-19(10-8-18)20-5-3-12-27-15-20/h1-10,12,15H,11,13-14,16-17H2,(H2,26,29). The number of likely N-dealkylation sites (tertiary alicyclic amines) is 1. The number of aromatic nitrogens is 1. The van der Waals surface area contributed by atoms with Crippen LogP contribution in [0, 0.1) is 5.41 Å². The summed E-state index contributed by atoms with van der Waals surface area (Å²) in [5.41, 5.74) is 9.73. The molecule has 2 heterocycles. The smallest absolute Gasteiger partial charge is 0.225 e. The predicted octanol–water partition coefficient (Wildman–Crippen LogP) is 4.32. The molecule has 1 saturated heterocycles. The van der Waals surface area contributed by atoms with Crippen LogP contribution in [0.3, 0.4) is 0 Å². The molecule has 29 heavy (non-hydrogen) atoms. The van der Waals surface area contributed by atoms with Crippen molar-refractivity contribution in [2.24, 2.45) is 11.1 Å². The van der Waals surface area contributed by atoms with Gasteiger partial charge in [-0.05, 0) is 53.8 Å². The van der Waals surface area contributed by atoms with Crippen LogP contribution in [0.15, 0.2) is 73.1 Å². The van der Waals surface area contributed by atoms with E-state index >= 15 is 0 Å². The fourth-order valence-corrected chi connectivity index (χ4v) is 4.33. The van der Waals surface area contributed by atoms with Crippen molar-refractivity contribution >= 4 is 17.5 Å². The quantitative estimate of drug-likeness (QED) is 0.664. The molecule has 1 unspecified atom stereocenters.